The van der Waals surface area contributed by atoms with E-state index in [1.54, 1.807) is 4.90 Å². The molecule has 4 rings (SSSR count). The highest BCUT2D eigenvalue weighted by molar-refractivity contribution is 5.98. The largest absolute Gasteiger partial charge is 0.369 e. The first kappa shape index (κ1) is 23.8. The van der Waals surface area contributed by atoms with Crippen LogP contribution in [-0.4, -0.2) is 79.4 Å². The van der Waals surface area contributed by atoms with Crippen molar-refractivity contribution in [3.05, 3.63) is 60.2 Å². The Balaban J connectivity index is 1.34. The van der Waals surface area contributed by atoms with Crippen LogP contribution in [0.25, 0.3) is 0 Å². The van der Waals surface area contributed by atoms with Crippen molar-refractivity contribution in [3.63, 3.8) is 0 Å². The molecule has 2 saturated heterocycles. The third kappa shape index (κ3) is 5.75. The lowest BCUT2D eigenvalue weighted by Crippen LogP contribution is -2.60. The number of hydrogen-bond donors (Lipinski definition) is 2. The molecule has 8 heteroatoms. The summed E-state index contributed by atoms with van der Waals surface area (Å²) in [5, 5.41) is 5.72. The molecule has 180 valence electrons. The van der Waals surface area contributed by atoms with Crippen LogP contribution in [0, 0.1) is 0 Å². The molecule has 2 aromatic rings. The molecule has 0 saturated carbocycles. The number of piperazine rings is 2. The minimum Gasteiger partial charge on any atom is -0.369 e. The predicted octanol–water partition coefficient (Wildman–Crippen LogP) is 1.73. The van der Waals surface area contributed by atoms with E-state index in [0.717, 1.165) is 43.9 Å². The average Bonchev–Trinajstić information content (AvgIpc) is 2.86. The molecule has 0 spiro atoms. The Morgan fingerprint density at radius 1 is 0.971 bits per heavy atom. The molecule has 0 aromatic heterocycles. The Bertz CT molecular complexity index is 1000. The van der Waals surface area contributed by atoms with Crippen LogP contribution < -0.4 is 15.5 Å². The normalized spacial score (nSPS) is 19.0. The first-order valence-corrected chi connectivity index (χ1v) is 12.0. The van der Waals surface area contributed by atoms with Gasteiger partial charge < -0.3 is 20.4 Å². The highest BCUT2D eigenvalue weighted by atomic mass is 16.2. The van der Waals surface area contributed by atoms with E-state index in [1.165, 1.54) is 5.69 Å². The van der Waals surface area contributed by atoms with Crippen molar-refractivity contribution in [1.29, 1.82) is 0 Å². The molecule has 2 aromatic carbocycles. The number of anilines is 2. The molecule has 2 heterocycles. The average molecular weight is 464 g/mol. The fourth-order valence-corrected chi connectivity index (χ4v) is 4.63. The minimum absolute atomic E-state index is 0.0581. The summed E-state index contributed by atoms with van der Waals surface area (Å²) in [5.74, 6) is -0.639. The number of nitrogens with zero attached hydrogens (tertiary/aromatic N) is 3. The number of hydrogen-bond acceptors (Lipinski definition) is 5. The van der Waals surface area contributed by atoms with E-state index in [-0.39, 0.29) is 30.7 Å². The maximum atomic E-state index is 13.2. The van der Waals surface area contributed by atoms with Gasteiger partial charge in [-0.2, -0.15) is 0 Å². The van der Waals surface area contributed by atoms with Gasteiger partial charge in [-0.15, -0.1) is 0 Å². The third-order valence-corrected chi connectivity index (χ3v) is 6.55. The molecule has 2 aliphatic heterocycles. The molecule has 1 unspecified atom stereocenters. The zero-order valence-electron chi connectivity index (χ0n) is 19.7. The van der Waals surface area contributed by atoms with E-state index in [2.05, 4.69) is 32.6 Å². The van der Waals surface area contributed by atoms with Gasteiger partial charge in [0.05, 0.1) is 13.0 Å². The van der Waals surface area contributed by atoms with E-state index in [9.17, 15) is 14.4 Å². The van der Waals surface area contributed by atoms with Gasteiger partial charge in [-0.25, -0.2) is 0 Å². The predicted molar refractivity (Wildman–Crippen MR) is 133 cm³/mol. The number of para-hydroxylation sites is 2. The van der Waals surface area contributed by atoms with Crippen LogP contribution in [0.4, 0.5) is 11.4 Å². The van der Waals surface area contributed by atoms with Crippen LogP contribution in [0.2, 0.25) is 0 Å². The van der Waals surface area contributed by atoms with Crippen molar-refractivity contribution < 1.29 is 14.4 Å². The van der Waals surface area contributed by atoms with E-state index >= 15 is 0 Å². The molecule has 1 atom stereocenters. The monoisotopic (exact) mass is 463 g/mol. The van der Waals surface area contributed by atoms with E-state index in [4.69, 9.17) is 0 Å². The second kappa shape index (κ2) is 11.2. The Morgan fingerprint density at radius 3 is 2.41 bits per heavy atom. The number of carbonyl (C=O) groups is 3. The lowest BCUT2D eigenvalue weighted by molar-refractivity contribution is -0.145. The number of rotatable bonds is 7. The zero-order valence-corrected chi connectivity index (χ0v) is 19.7. The van der Waals surface area contributed by atoms with Crippen LogP contribution in [0.1, 0.15) is 18.9 Å². The Morgan fingerprint density at radius 2 is 1.68 bits per heavy atom. The fraction of sp³-hybridized carbons (Fsp3) is 0.423. The molecule has 2 N–H and O–H groups in total. The number of aryl methyl sites for hydroxylation is 1. The zero-order chi connectivity index (χ0) is 23.9. The highest BCUT2D eigenvalue weighted by Gasteiger charge is 2.35. The number of amides is 3. The fourth-order valence-electron chi connectivity index (χ4n) is 4.63. The van der Waals surface area contributed by atoms with E-state index < -0.39 is 6.04 Å². The van der Waals surface area contributed by atoms with Gasteiger partial charge in [0, 0.05) is 50.6 Å². The van der Waals surface area contributed by atoms with Gasteiger partial charge in [-0.1, -0.05) is 43.3 Å². The minimum atomic E-state index is -0.791. The molecule has 8 nitrogen and oxygen atoms in total. The molecular formula is C26H33N5O3. The lowest BCUT2D eigenvalue weighted by Gasteiger charge is -2.39. The molecule has 34 heavy (non-hydrogen) atoms. The topological polar surface area (TPSA) is 85.0 Å². The van der Waals surface area contributed by atoms with Gasteiger partial charge in [0.15, 0.2) is 0 Å². The first-order valence-electron chi connectivity index (χ1n) is 12.0. The van der Waals surface area contributed by atoms with E-state index in [0.29, 0.717) is 13.1 Å². The smallest absolute Gasteiger partial charge is 0.243 e. The van der Waals surface area contributed by atoms with Crippen molar-refractivity contribution >= 4 is 29.1 Å². The number of benzene rings is 2. The summed E-state index contributed by atoms with van der Waals surface area (Å²) in [4.78, 5) is 44.6. The van der Waals surface area contributed by atoms with Gasteiger partial charge >= 0.3 is 0 Å². The van der Waals surface area contributed by atoms with Crippen LogP contribution in [-0.2, 0) is 20.8 Å². The summed E-state index contributed by atoms with van der Waals surface area (Å²) in [6.07, 6.45) is 0.736. The molecular weight excluding hydrogens is 430 g/mol. The highest BCUT2D eigenvalue weighted by Crippen LogP contribution is 2.18. The summed E-state index contributed by atoms with van der Waals surface area (Å²) in [6.45, 7) is 6.35. The second-order valence-electron chi connectivity index (χ2n) is 8.76. The summed E-state index contributed by atoms with van der Waals surface area (Å²) in [6, 6.07) is 17.1. The SMILES string of the molecule is CCc1ccccc1NC(=O)CC1C(=O)NCCN1C(=O)CN1CCN(c2ccccc2)CC1. The summed E-state index contributed by atoms with van der Waals surface area (Å²) >= 11 is 0. The second-order valence-corrected chi connectivity index (χ2v) is 8.76. The lowest BCUT2D eigenvalue weighted by atomic mass is 10.1. The molecule has 0 radical (unpaired) electrons. The first-order chi connectivity index (χ1) is 16.5. The van der Waals surface area contributed by atoms with Gasteiger partial charge in [-0.05, 0) is 30.2 Å². The summed E-state index contributed by atoms with van der Waals surface area (Å²) in [5.41, 5.74) is 2.98. The van der Waals surface area contributed by atoms with Gasteiger partial charge in [-0.3, -0.25) is 19.3 Å². The van der Waals surface area contributed by atoms with Crippen molar-refractivity contribution in [2.24, 2.45) is 0 Å². The van der Waals surface area contributed by atoms with Crippen LogP contribution in [0.3, 0.4) is 0 Å². The molecule has 0 aliphatic carbocycles. The Hall–Kier alpha value is -3.39. The molecule has 2 aliphatic rings. The van der Waals surface area contributed by atoms with E-state index in [1.807, 2.05) is 49.4 Å². The van der Waals surface area contributed by atoms with Crippen molar-refractivity contribution in [2.75, 3.05) is 56.0 Å². The maximum Gasteiger partial charge on any atom is 0.243 e. The molecule has 3 amide bonds. The van der Waals surface area contributed by atoms with Crippen molar-refractivity contribution in [1.82, 2.24) is 15.1 Å². The summed E-state index contributed by atoms with van der Waals surface area (Å²) < 4.78 is 0. The van der Waals surface area contributed by atoms with Gasteiger partial charge in [0.1, 0.15) is 6.04 Å². The van der Waals surface area contributed by atoms with Crippen LogP contribution >= 0.6 is 0 Å². The van der Waals surface area contributed by atoms with Crippen molar-refractivity contribution in [3.8, 4) is 0 Å². The number of carbonyl (C=O) groups excluding carboxylic acids is 3. The number of nitrogens with one attached hydrogen (secondary N) is 2. The van der Waals surface area contributed by atoms with Crippen molar-refractivity contribution in [2.45, 2.75) is 25.8 Å². The maximum absolute atomic E-state index is 13.2. The standard InChI is InChI=1S/C26H33N5O3/c1-2-20-8-6-7-11-22(20)28-24(32)18-23-26(34)27-12-13-31(23)25(33)19-29-14-16-30(17-15-29)21-9-4-3-5-10-21/h3-11,23H,2,12-19H2,1H3,(H,27,34)(H,28,32). The quantitative estimate of drug-likeness (QED) is 0.653. The van der Waals surface area contributed by atoms with Gasteiger partial charge in [0.2, 0.25) is 17.7 Å². The molecule has 2 fully saturated rings. The Kier molecular flexibility index (Phi) is 7.80. The van der Waals surface area contributed by atoms with Gasteiger partial charge in [0.25, 0.3) is 0 Å². The molecule has 0 bridgehead atoms. The summed E-state index contributed by atoms with van der Waals surface area (Å²) in [7, 11) is 0. The third-order valence-electron chi connectivity index (χ3n) is 6.55. The van der Waals surface area contributed by atoms with Crippen LogP contribution in [0.5, 0.6) is 0 Å². The Labute approximate surface area is 200 Å². The van der Waals surface area contributed by atoms with Crippen LogP contribution in [0.15, 0.2) is 54.6 Å².